The van der Waals surface area contributed by atoms with Crippen LogP contribution in [-0.2, 0) is 6.42 Å². The van der Waals surface area contributed by atoms with Gasteiger partial charge in [0, 0.05) is 6.61 Å². The van der Waals surface area contributed by atoms with Crippen LogP contribution in [0.15, 0.2) is 30.3 Å². The van der Waals surface area contributed by atoms with Crippen LogP contribution in [0.25, 0.3) is 0 Å². The lowest BCUT2D eigenvalue weighted by molar-refractivity contribution is 0.0954. The monoisotopic (exact) mass is 248 g/mol. The van der Waals surface area contributed by atoms with Gasteiger partial charge in [-0.2, -0.15) is 0 Å². The van der Waals surface area contributed by atoms with Crippen molar-refractivity contribution < 1.29 is 5.11 Å². The topological polar surface area (TPSA) is 20.2 Å². The Kier molecular flexibility index (Phi) is 7.04. The van der Waals surface area contributed by atoms with E-state index in [-0.39, 0.29) is 5.41 Å². The summed E-state index contributed by atoms with van der Waals surface area (Å²) in [7, 11) is 0. The first-order valence-electron chi connectivity index (χ1n) is 7.41. The van der Waals surface area contributed by atoms with Gasteiger partial charge in [0.25, 0.3) is 0 Å². The SMILES string of the molecule is CCCCC(CC)(CO)CCCc1ccccc1. The Morgan fingerprint density at radius 3 is 2.22 bits per heavy atom. The lowest BCUT2D eigenvalue weighted by Crippen LogP contribution is -2.24. The largest absolute Gasteiger partial charge is 0.396 e. The number of aryl methyl sites for hydroxylation is 1. The Balaban J connectivity index is 2.42. The average Bonchev–Trinajstić information content (AvgIpc) is 2.44. The van der Waals surface area contributed by atoms with Crippen molar-refractivity contribution in [1.29, 1.82) is 0 Å². The quantitative estimate of drug-likeness (QED) is 0.677. The van der Waals surface area contributed by atoms with Crippen molar-refractivity contribution in [2.75, 3.05) is 6.61 Å². The standard InChI is InChI=1S/C17H28O/c1-3-5-13-17(4-2,15-18)14-9-12-16-10-7-6-8-11-16/h6-8,10-11,18H,3-5,9,12-15H2,1-2H3. The van der Waals surface area contributed by atoms with Crippen LogP contribution in [-0.4, -0.2) is 11.7 Å². The molecule has 1 aromatic carbocycles. The zero-order chi connectivity index (χ0) is 13.3. The average molecular weight is 248 g/mol. The summed E-state index contributed by atoms with van der Waals surface area (Å²) in [5.41, 5.74) is 1.58. The maximum atomic E-state index is 9.70. The van der Waals surface area contributed by atoms with Crippen LogP contribution in [0.4, 0.5) is 0 Å². The van der Waals surface area contributed by atoms with Gasteiger partial charge in [-0.1, -0.05) is 57.0 Å². The van der Waals surface area contributed by atoms with Crippen LogP contribution < -0.4 is 0 Å². The van der Waals surface area contributed by atoms with Crippen molar-refractivity contribution in [1.82, 2.24) is 0 Å². The summed E-state index contributed by atoms with van der Waals surface area (Å²) >= 11 is 0. The number of aliphatic hydroxyl groups excluding tert-OH is 1. The highest BCUT2D eigenvalue weighted by molar-refractivity contribution is 5.14. The van der Waals surface area contributed by atoms with Crippen LogP contribution in [0.5, 0.6) is 0 Å². The van der Waals surface area contributed by atoms with Crippen molar-refractivity contribution in [2.45, 2.75) is 58.8 Å². The van der Waals surface area contributed by atoms with Crippen LogP contribution >= 0.6 is 0 Å². The van der Waals surface area contributed by atoms with Crippen molar-refractivity contribution in [3.63, 3.8) is 0 Å². The van der Waals surface area contributed by atoms with E-state index in [1.54, 1.807) is 0 Å². The molecule has 0 saturated carbocycles. The first kappa shape index (κ1) is 15.2. The molecular formula is C17H28O. The third kappa shape index (κ3) is 4.81. The third-order valence-corrected chi connectivity index (χ3v) is 4.16. The Morgan fingerprint density at radius 2 is 1.67 bits per heavy atom. The van der Waals surface area contributed by atoms with E-state index in [0.717, 1.165) is 19.3 Å². The van der Waals surface area contributed by atoms with Crippen molar-refractivity contribution >= 4 is 0 Å². The van der Waals surface area contributed by atoms with Crippen LogP contribution in [0.3, 0.4) is 0 Å². The Morgan fingerprint density at radius 1 is 1.00 bits per heavy atom. The van der Waals surface area contributed by atoms with Gasteiger partial charge in [-0.15, -0.1) is 0 Å². The molecule has 0 aliphatic carbocycles. The summed E-state index contributed by atoms with van der Waals surface area (Å²) in [6, 6.07) is 10.7. The van der Waals surface area contributed by atoms with Crippen LogP contribution in [0.1, 0.15) is 57.9 Å². The molecule has 0 aliphatic rings. The minimum Gasteiger partial charge on any atom is -0.396 e. The summed E-state index contributed by atoms with van der Waals surface area (Å²) in [5.74, 6) is 0. The zero-order valence-electron chi connectivity index (χ0n) is 12.0. The van der Waals surface area contributed by atoms with E-state index in [2.05, 4.69) is 44.2 Å². The number of unbranched alkanes of at least 4 members (excludes halogenated alkanes) is 1. The fourth-order valence-corrected chi connectivity index (χ4v) is 2.61. The van der Waals surface area contributed by atoms with Gasteiger partial charge in [0.05, 0.1) is 0 Å². The molecule has 1 aromatic rings. The summed E-state index contributed by atoms with van der Waals surface area (Å²) in [6.07, 6.45) is 8.19. The molecule has 102 valence electrons. The van der Waals surface area contributed by atoms with Crippen molar-refractivity contribution in [2.24, 2.45) is 5.41 Å². The zero-order valence-corrected chi connectivity index (χ0v) is 12.0. The van der Waals surface area contributed by atoms with E-state index >= 15 is 0 Å². The molecule has 1 rings (SSSR count). The molecule has 0 bridgehead atoms. The maximum absolute atomic E-state index is 9.70. The first-order chi connectivity index (χ1) is 8.76. The molecule has 0 heterocycles. The molecule has 1 nitrogen and oxygen atoms in total. The Hall–Kier alpha value is -0.820. The van der Waals surface area contributed by atoms with Gasteiger partial charge in [0.1, 0.15) is 0 Å². The molecule has 0 saturated heterocycles. The highest BCUT2D eigenvalue weighted by Crippen LogP contribution is 2.34. The Bertz CT molecular complexity index is 301. The number of benzene rings is 1. The van der Waals surface area contributed by atoms with Gasteiger partial charge in [-0.25, -0.2) is 0 Å². The second kappa shape index (κ2) is 8.31. The number of hydrogen-bond donors (Lipinski definition) is 1. The van der Waals surface area contributed by atoms with Crippen molar-refractivity contribution in [3.8, 4) is 0 Å². The maximum Gasteiger partial charge on any atom is 0.0487 e. The van der Waals surface area contributed by atoms with Gasteiger partial charge in [-0.05, 0) is 43.1 Å². The molecule has 0 spiro atoms. The lowest BCUT2D eigenvalue weighted by Gasteiger charge is -2.31. The molecule has 1 atom stereocenters. The fraction of sp³-hybridized carbons (Fsp3) is 0.647. The molecular weight excluding hydrogens is 220 g/mol. The second-order valence-corrected chi connectivity index (χ2v) is 5.45. The van der Waals surface area contributed by atoms with Gasteiger partial charge < -0.3 is 5.11 Å². The predicted octanol–water partition coefficient (Wildman–Crippen LogP) is 4.59. The van der Waals surface area contributed by atoms with E-state index in [9.17, 15) is 5.11 Å². The summed E-state index contributed by atoms with van der Waals surface area (Å²) < 4.78 is 0. The summed E-state index contributed by atoms with van der Waals surface area (Å²) in [6.45, 7) is 4.79. The van der Waals surface area contributed by atoms with E-state index in [4.69, 9.17) is 0 Å². The minimum atomic E-state index is 0.171. The molecule has 1 heteroatoms. The minimum absolute atomic E-state index is 0.171. The molecule has 0 fully saturated rings. The second-order valence-electron chi connectivity index (χ2n) is 5.45. The van der Waals surface area contributed by atoms with Gasteiger partial charge >= 0.3 is 0 Å². The van der Waals surface area contributed by atoms with Gasteiger partial charge in [-0.3, -0.25) is 0 Å². The third-order valence-electron chi connectivity index (χ3n) is 4.16. The highest BCUT2D eigenvalue weighted by Gasteiger charge is 2.25. The lowest BCUT2D eigenvalue weighted by atomic mass is 9.76. The molecule has 0 aliphatic heterocycles. The summed E-state index contributed by atoms with van der Waals surface area (Å²) in [4.78, 5) is 0. The van der Waals surface area contributed by atoms with E-state index in [1.807, 2.05) is 0 Å². The summed E-state index contributed by atoms with van der Waals surface area (Å²) in [5, 5.41) is 9.70. The van der Waals surface area contributed by atoms with Crippen molar-refractivity contribution in [3.05, 3.63) is 35.9 Å². The van der Waals surface area contributed by atoms with Crippen LogP contribution in [0.2, 0.25) is 0 Å². The van der Waals surface area contributed by atoms with E-state index < -0.39 is 0 Å². The molecule has 0 aromatic heterocycles. The van der Waals surface area contributed by atoms with Crippen LogP contribution in [0, 0.1) is 5.41 Å². The van der Waals surface area contributed by atoms with Gasteiger partial charge in [0.2, 0.25) is 0 Å². The highest BCUT2D eigenvalue weighted by atomic mass is 16.3. The fourth-order valence-electron chi connectivity index (χ4n) is 2.61. The first-order valence-corrected chi connectivity index (χ1v) is 7.41. The number of hydrogen-bond acceptors (Lipinski definition) is 1. The smallest absolute Gasteiger partial charge is 0.0487 e. The van der Waals surface area contributed by atoms with E-state index in [1.165, 1.54) is 31.2 Å². The van der Waals surface area contributed by atoms with Gasteiger partial charge in [0.15, 0.2) is 0 Å². The molecule has 0 amide bonds. The molecule has 0 radical (unpaired) electrons. The number of rotatable bonds is 9. The normalized spacial score (nSPS) is 14.4. The number of aliphatic hydroxyl groups is 1. The Labute approximate surface area is 112 Å². The molecule has 1 unspecified atom stereocenters. The van der Waals surface area contributed by atoms with E-state index in [0.29, 0.717) is 6.61 Å². The molecule has 1 N–H and O–H groups in total. The predicted molar refractivity (Wildman–Crippen MR) is 78.7 cm³/mol. The molecule has 18 heavy (non-hydrogen) atoms.